The molecule has 0 saturated heterocycles. The van der Waals surface area contributed by atoms with Gasteiger partial charge in [0, 0.05) is 19.2 Å². The van der Waals surface area contributed by atoms with Crippen LogP contribution >= 0.6 is 0 Å². The van der Waals surface area contributed by atoms with Gasteiger partial charge in [-0.25, -0.2) is 17.9 Å². The van der Waals surface area contributed by atoms with Crippen LogP contribution in [0.1, 0.15) is 39.0 Å². The maximum absolute atomic E-state index is 12.2. The summed E-state index contributed by atoms with van der Waals surface area (Å²) >= 11 is 0. The number of nitro benzene ring substituents is 1. The highest BCUT2D eigenvalue weighted by Crippen LogP contribution is 2.22. The van der Waals surface area contributed by atoms with Gasteiger partial charge in [-0.2, -0.15) is 0 Å². The molecule has 26 heavy (non-hydrogen) atoms. The SMILES string of the molecule is CCCCOC(=O)NCCCCCNS(=O)(=O)c1ccccc1[N+](=O)[O-]. The van der Waals surface area contributed by atoms with Crippen LogP contribution in [0.5, 0.6) is 0 Å². The first-order valence-electron chi connectivity index (χ1n) is 8.52. The number of amides is 1. The highest BCUT2D eigenvalue weighted by atomic mass is 32.2. The van der Waals surface area contributed by atoms with Gasteiger partial charge in [0.1, 0.15) is 0 Å². The third-order valence-electron chi connectivity index (χ3n) is 3.50. The van der Waals surface area contributed by atoms with Crippen molar-refractivity contribution in [3.05, 3.63) is 34.4 Å². The second kappa shape index (κ2) is 11.4. The molecule has 0 saturated carbocycles. The second-order valence-corrected chi connectivity index (χ2v) is 7.33. The lowest BCUT2D eigenvalue weighted by atomic mass is 10.2. The smallest absolute Gasteiger partial charge is 0.407 e. The molecular formula is C16H25N3O6S. The first-order chi connectivity index (χ1) is 12.4. The van der Waals surface area contributed by atoms with Crippen molar-refractivity contribution in [3.8, 4) is 0 Å². The van der Waals surface area contributed by atoms with Crippen molar-refractivity contribution in [3.63, 3.8) is 0 Å². The fourth-order valence-electron chi connectivity index (χ4n) is 2.10. The molecule has 0 fully saturated rings. The van der Waals surface area contributed by atoms with Crippen LogP contribution < -0.4 is 10.0 Å². The Hall–Kier alpha value is -2.20. The Morgan fingerprint density at radius 1 is 1.15 bits per heavy atom. The van der Waals surface area contributed by atoms with E-state index in [2.05, 4.69) is 10.0 Å². The predicted octanol–water partition coefficient (Wildman–Crippen LogP) is 2.57. The van der Waals surface area contributed by atoms with Gasteiger partial charge in [-0.3, -0.25) is 10.1 Å². The van der Waals surface area contributed by atoms with E-state index in [1.54, 1.807) is 0 Å². The number of alkyl carbamates (subject to hydrolysis) is 1. The van der Waals surface area contributed by atoms with Crippen molar-refractivity contribution in [1.29, 1.82) is 0 Å². The Morgan fingerprint density at radius 3 is 2.54 bits per heavy atom. The summed E-state index contributed by atoms with van der Waals surface area (Å²) in [5, 5.41) is 13.5. The molecular weight excluding hydrogens is 362 g/mol. The molecule has 1 amide bonds. The Bertz CT molecular complexity index is 693. The number of nitrogens with one attached hydrogen (secondary N) is 2. The number of ether oxygens (including phenoxy) is 1. The summed E-state index contributed by atoms with van der Waals surface area (Å²) in [6.07, 6.45) is 3.25. The van der Waals surface area contributed by atoms with Crippen molar-refractivity contribution in [1.82, 2.24) is 10.0 Å². The van der Waals surface area contributed by atoms with Gasteiger partial charge < -0.3 is 10.1 Å². The number of carbonyl (C=O) groups excluding carboxylic acids is 1. The molecule has 0 heterocycles. The van der Waals surface area contributed by atoms with Crippen LogP contribution in [0.3, 0.4) is 0 Å². The van der Waals surface area contributed by atoms with E-state index in [0.29, 0.717) is 32.4 Å². The minimum absolute atomic E-state index is 0.162. The molecule has 9 nitrogen and oxygen atoms in total. The normalized spacial score (nSPS) is 11.1. The number of nitrogens with zero attached hydrogens (tertiary/aromatic N) is 1. The minimum atomic E-state index is -3.94. The Balaban J connectivity index is 2.27. The lowest BCUT2D eigenvalue weighted by molar-refractivity contribution is -0.387. The molecule has 0 aliphatic heterocycles. The molecule has 0 aliphatic carbocycles. The molecule has 1 rings (SSSR count). The van der Waals surface area contributed by atoms with Gasteiger partial charge >= 0.3 is 6.09 Å². The molecule has 1 aromatic rings. The summed E-state index contributed by atoms with van der Waals surface area (Å²) in [6, 6.07) is 5.21. The number of rotatable bonds is 12. The first-order valence-corrected chi connectivity index (χ1v) is 10.0. The van der Waals surface area contributed by atoms with Gasteiger partial charge in [0.05, 0.1) is 11.5 Å². The number of nitro groups is 1. The van der Waals surface area contributed by atoms with E-state index in [4.69, 9.17) is 4.74 Å². The van der Waals surface area contributed by atoms with Crippen LogP contribution in [-0.4, -0.2) is 39.1 Å². The lowest BCUT2D eigenvalue weighted by Crippen LogP contribution is -2.27. The van der Waals surface area contributed by atoms with Crippen LogP contribution in [0.25, 0.3) is 0 Å². The van der Waals surface area contributed by atoms with E-state index in [1.165, 1.54) is 18.2 Å². The molecule has 1 aromatic carbocycles. The molecule has 0 bridgehead atoms. The number of para-hydroxylation sites is 1. The summed E-state index contributed by atoms with van der Waals surface area (Å²) in [5.74, 6) is 0. The summed E-state index contributed by atoms with van der Waals surface area (Å²) in [6.45, 7) is 3.01. The zero-order valence-corrected chi connectivity index (χ0v) is 15.6. The third kappa shape index (κ3) is 7.79. The van der Waals surface area contributed by atoms with E-state index < -0.39 is 26.7 Å². The number of hydrogen-bond donors (Lipinski definition) is 2. The van der Waals surface area contributed by atoms with Gasteiger partial charge in [-0.05, 0) is 25.3 Å². The van der Waals surface area contributed by atoms with Crippen molar-refractivity contribution >= 4 is 21.8 Å². The lowest BCUT2D eigenvalue weighted by Gasteiger charge is -2.08. The van der Waals surface area contributed by atoms with E-state index in [1.807, 2.05) is 6.92 Å². The highest BCUT2D eigenvalue weighted by Gasteiger charge is 2.24. The zero-order chi connectivity index (χ0) is 19.4. The number of unbranched alkanes of at least 4 members (excludes halogenated alkanes) is 3. The molecule has 146 valence electrons. The summed E-state index contributed by atoms with van der Waals surface area (Å²) in [5.41, 5.74) is -0.453. The van der Waals surface area contributed by atoms with E-state index in [-0.39, 0.29) is 11.4 Å². The third-order valence-corrected chi connectivity index (χ3v) is 5.01. The van der Waals surface area contributed by atoms with Crippen LogP contribution in [0.4, 0.5) is 10.5 Å². The van der Waals surface area contributed by atoms with Crippen LogP contribution in [0.2, 0.25) is 0 Å². The summed E-state index contributed by atoms with van der Waals surface area (Å²) < 4.78 is 31.6. The Labute approximate surface area is 153 Å². The van der Waals surface area contributed by atoms with Crippen LogP contribution in [0.15, 0.2) is 29.2 Å². The molecule has 10 heteroatoms. The maximum Gasteiger partial charge on any atom is 0.407 e. The van der Waals surface area contributed by atoms with Crippen molar-refractivity contribution in [2.75, 3.05) is 19.7 Å². The molecule has 0 unspecified atom stereocenters. The van der Waals surface area contributed by atoms with Gasteiger partial charge in [-0.1, -0.05) is 31.9 Å². The average Bonchev–Trinajstić information content (AvgIpc) is 2.61. The molecule has 0 atom stereocenters. The standard InChI is InChI=1S/C16H25N3O6S/c1-2-3-13-25-16(20)17-11-7-4-8-12-18-26(23,24)15-10-6-5-9-14(15)19(21)22/h5-6,9-10,18H,2-4,7-8,11-13H2,1H3,(H,17,20). The van der Waals surface area contributed by atoms with Crippen molar-refractivity contribution in [2.24, 2.45) is 0 Å². The zero-order valence-electron chi connectivity index (χ0n) is 14.8. The van der Waals surface area contributed by atoms with Gasteiger partial charge in [0.2, 0.25) is 10.0 Å². The monoisotopic (exact) mass is 387 g/mol. The molecule has 0 spiro atoms. The molecule has 0 aliphatic rings. The van der Waals surface area contributed by atoms with Gasteiger partial charge in [-0.15, -0.1) is 0 Å². The quantitative estimate of drug-likeness (QED) is 0.322. The van der Waals surface area contributed by atoms with Gasteiger partial charge in [0.25, 0.3) is 5.69 Å². The van der Waals surface area contributed by atoms with Crippen molar-refractivity contribution < 1.29 is 22.9 Å². The number of sulfonamides is 1. The summed E-state index contributed by atoms with van der Waals surface area (Å²) in [7, 11) is -3.94. The Morgan fingerprint density at radius 2 is 1.85 bits per heavy atom. The van der Waals surface area contributed by atoms with Crippen LogP contribution in [0, 0.1) is 10.1 Å². The number of carbonyl (C=O) groups is 1. The predicted molar refractivity (Wildman–Crippen MR) is 96.4 cm³/mol. The highest BCUT2D eigenvalue weighted by molar-refractivity contribution is 7.89. The maximum atomic E-state index is 12.2. The average molecular weight is 387 g/mol. The van der Waals surface area contributed by atoms with E-state index >= 15 is 0 Å². The summed E-state index contributed by atoms with van der Waals surface area (Å²) in [4.78, 5) is 21.2. The van der Waals surface area contributed by atoms with E-state index in [0.717, 1.165) is 18.9 Å². The molecule has 2 N–H and O–H groups in total. The number of benzene rings is 1. The number of hydrogen-bond acceptors (Lipinski definition) is 6. The molecule has 0 radical (unpaired) electrons. The largest absolute Gasteiger partial charge is 0.450 e. The minimum Gasteiger partial charge on any atom is -0.450 e. The van der Waals surface area contributed by atoms with Crippen molar-refractivity contribution in [2.45, 2.75) is 43.9 Å². The van der Waals surface area contributed by atoms with Crippen LogP contribution in [-0.2, 0) is 14.8 Å². The first kappa shape index (κ1) is 21.8. The van der Waals surface area contributed by atoms with Gasteiger partial charge in [0.15, 0.2) is 4.90 Å². The molecule has 0 aromatic heterocycles. The fourth-order valence-corrected chi connectivity index (χ4v) is 3.34. The van der Waals surface area contributed by atoms with E-state index in [9.17, 15) is 23.3 Å². The Kier molecular flexibility index (Phi) is 9.60. The topological polar surface area (TPSA) is 128 Å². The second-order valence-electron chi connectivity index (χ2n) is 5.60. The fraction of sp³-hybridized carbons (Fsp3) is 0.562.